The molecule has 0 spiro atoms. The van der Waals surface area contributed by atoms with Gasteiger partial charge in [0.05, 0.1) is 18.0 Å². The lowest BCUT2D eigenvalue weighted by Crippen LogP contribution is -2.18. The molecular formula is C23H26FN3O4S. The van der Waals surface area contributed by atoms with E-state index in [0.717, 1.165) is 18.4 Å². The number of benzene rings is 2. The van der Waals surface area contributed by atoms with Gasteiger partial charge >= 0.3 is 0 Å². The van der Waals surface area contributed by atoms with Gasteiger partial charge in [0, 0.05) is 12.2 Å². The molecule has 3 aromatic rings. The number of methoxy groups -OCH3 is 1. The van der Waals surface area contributed by atoms with E-state index in [9.17, 15) is 12.8 Å². The van der Waals surface area contributed by atoms with Crippen LogP contribution < -0.4 is 4.74 Å². The van der Waals surface area contributed by atoms with Crippen molar-refractivity contribution in [3.8, 4) is 11.4 Å². The quantitative estimate of drug-likeness (QED) is 0.525. The zero-order chi connectivity index (χ0) is 22.9. The number of rotatable bonds is 7. The van der Waals surface area contributed by atoms with Crippen LogP contribution in [0.3, 0.4) is 0 Å². The van der Waals surface area contributed by atoms with Crippen molar-refractivity contribution in [2.75, 3.05) is 13.7 Å². The average molecular weight is 460 g/mol. The molecule has 0 amide bonds. The van der Waals surface area contributed by atoms with Gasteiger partial charge in [0.15, 0.2) is 21.5 Å². The van der Waals surface area contributed by atoms with E-state index < -0.39 is 26.7 Å². The van der Waals surface area contributed by atoms with Crippen molar-refractivity contribution in [1.29, 1.82) is 0 Å². The van der Waals surface area contributed by atoms with Crippen molar-refractivity contribution in [2.24, 2.45) is 0 Å². The molecule has 170 valence electrons. The van der Waals surface area contributed by atoms with E-state index in [1.165, 1.54) is 25.1 Å². The number of hydrogen-bond donors (Lipinski definition) is 0. The molecule has 2 atom stereocenters. The zero-order valence-electron chi connectivity index (χ0n) is 18.3. The largest absolute Gasteiger partial charge is 0.495 e. The highest BCUT2D eigenvalue weighted by molar-refractivity contribution is 7.90. The zero-order valence-corrected chi connectivity index (χ0v) is 19.1. The van der Waals surface area contributed by atoms with Gasteiger partial charge in [0.25, 0.3) is 0 Å². The number of nitrogens with zero attached hydrogens (tertiary/aromatic N) is 3. The van der Waals surface area contributed by atoms with Crippen molar-refractivity contribution in [3.63, 3.8) is 0 Å². The van der Waals surface area contributed by atoms with Crippen LogP contribution >= 0.6 is 0 Å². The predicted octanol–water partition coefficient (Wildman–Crippen LogP) is 4.25. The third-order valence-electron chi connectivity index (χ3n) is 5.83. The molecule has 0 unspecified atom stereocenters. The molecule has 9 heteroatoms. The van der Waals surface area contributed by atoms with Crippen molar-refractivity contribution < 1.29 is 22.3 Å². The van der Waals surface area contributed by atoms with Crippen LogP contribution in [0.2, 0.25) is 0 Å². The van der Waals surface area contributed by atoms with Crippen LogP contribution in [0.1, 0.15) is 53.9 Å². The van der Waals surface area contributed by atoms with Gasteiger partial charge in [-0.25, -0.2) is 12.8 Å². The summed E-state index contributed by atoms with van der Waals surface area (Å²) < 4.78 is 54.0. The molecule has 0 bridgehead atoms. The monoisotopic (exact) mass is 459 g/mol. The van der Waals surface area contributed by atoms with Crippen LogP contribution in [0.4, 0.5) is 4.39 Å². The van der Waals surface area contributed by atoms with Crippen molar-refractivity contribution in [2.45, 2.75) is 43.8 Å². The fraction of sp³-hybridized carbons (Fsp3) is 0.391. The summed E-state index contributed by atoms with van der Waals surface area (Å²) in [6.45, 7) is 4.02. The average Bonchev–Trinajstić information content (AvgIpc) is 3.43. The van der Waals surface area contributed by atoms with Crippen LogP contribution in [-0.4, -0.2) is 36.9 Å². The topological polar surface area (TPSA) is 83.3 Å². The van der Waals surface area contributed by atoms with E-state index in [-0.39, 0.29) is 17.5 Å². The number of sulfone groups is 1. The Morgan fingerprint density at radius 1 is 1.22 bits per heavy atom. The SMILES string of the molecule is COc1cccc(C)c1-n1c(CS(=O)(=O)[C@@H](C)c2ccccc2F)nnc1[C@H]1CCCO1. The Morgan fingerprint density at radius 3 is 2.69 bits per heavy atom. The first-order valence-corrected chi connectivity index (χ1v) is 12.2. The first kappa shape index (κ1) is 22.4. The summed E-state index contributed by atoms with van der Waals surface area (Å²) in [6.07, 6.45) is 1.37. The Morgan fingerprint density at radius 2 is 2.00 bits per heavy atom. The maximum Gasteiger partial charge on any atom is 0.167 e. The Labute approximate surface area is 187 Å². The molecule has 32 heavy (non-hydrogen) atoms. The second-order valence-corrected chi connectivity index (χ2v) is 10.2. The van der Waals surface area contributed by atoms with E-state index >= 15 is 0 Å². The van der Waals surface area contributed by atoms with Crippen LogP contribution in [-0.2, 0) is 20.3 Å². The second kappa shape index (κ2) is 8.99. The minimum Gasteiger partial charge on any atom is -0.495 e. The molecule has 0 aliphatic carbocycles. The summed E-state index contributed by atoms with van der Waals surface area (Å²) in [5, 5.41) is 7.52. The third kappa shape index (κ3) is 4.14. The standard InChI is InChI=1S/C23H26FN3O4S/c1-15-8-6-11-19(30-3)22(15)27-21(25-26-23(27)20-12-7-13-31-20)14-32(28,29)16(2)17-9-4-5-10-18(17)24/h4-6,8-11,16,20H,7,12-14H2,1-3H3/t16-,20+/m0/s1. The normalized spacial score (nSPS) is 17.4. The van der Waals surface area contributed by atoms with E-state index in [1.807, 2.05) is 25.1 Å². The lowest BCUT2D eigenvalue weighted by atomic mass is 10.1. The summed E-state index contributed by atoms with van der Waals surface area (Å²) >= 11 is 0. The molecule has 1 aliphatic heterocycles. The molecule has 1 saturated heterocycles. The highest BCUT2D eigenvalue weighted by atomic mass is 32.2. The van der Waals surface area contributed by atoms with Crippen LogP contribution in [0, 0.1) is 12.7 Å². The van der Waals surface area contributed by atoms with Gasteiger partial charge in [-0.05, 0) is 44.4 Å². The first-order valence-electron chi connectivity index (χ1n) is 10.5. The highest BCUT2D eigenvalue weighted by Crippen LogP contribution is 2.35. The Bertz CT molecular complexity index is 1220. The van der Waals surface area contributed by atoms with Crippen LogP contribution in [0.5, 0.6) is 5.75 Å². The molecule has 1 aromatic heterocycles. The predicted molar refractivity (Wildman–Crippen MR) is 118 cm³/mol. The van der Waals surface area contributed by atoms with Gasteiger partial charge in [-0.3, -0.25) is 4.57 Å². The number of aromatic nitrogens is 3. The lowest BCUT2D eigenvalue weighted by Gasteiger charge is -2.19. The molecule has 1 fully saturated rings. The van der Waals surface area contributed by atoms with E-state index in [0.29, 0.717) is 23.9 Å². The van der Waals surface area contributed by atoms with Gasteiger partial charge < -0.3 is 9.47 Å². The summed E-state index contributed by atoms with van der Waals surface area (Å²) in [5.74, 6) is 0.403. The van der Waals surface area contributed by atoms with Crippen LogP contribution in [0.15, 0.2) is 42.5 Å². The highest BCUT2D eigenvalue weighted by Gasteiger charge is 2.32. The summed E-state index contributed by atoms with van der Waals surface area (Å²) in [6, 6.07) is 11.5. The molecular weight excluding hydrogens is 433 g/mol. The molecule has 7 nitrogen and oxygen atoms in total. The van der Waals surface area contributed by atoms with E-state index in [2.05, 4.69) is 10.2 Å². The Kier molecular flexibility index (Phi) is 6.30. The molecule has 2 aromatic carbocycles. The van der Waals surface area contributed by atoms with E-state index in [4.69, 9.17) is 9.47 Å². The smallest absolute Gasteiger partial charge is 0.167 e. The fourth-order valence-corrected chi connectivity index (χ4v) is 5.42. The lowest BCUT2D eigenvalue weighted by molar-refractivity contribution is 0.103. The van der Waals surface area contributed by atoms with E-state index in [1.54, 1.807) is 17.7 Å². The number of para-hydroxylation sites is 1. The van der Waals surface area contributed by atoms with Crippen molar-refractivity contribution >= 4 is 9.84 Å². The van der Waals surface area contributed by atoms with Crippen LogP contribution in [0.25, 0.3) is 5.69 Å². The second-order valence-electron chi connectivity index (χ2n) is 7.91. The van der Waals surface area contributed by atoms with Crippen molar-refractivity contribution in [3.05, 3.63) is 71.1 Å². The van der Waals surface area contributed by atoms with Gasteiger partial charge in [-0.15, -0.1) is 10.2 Å². The van der Waals surface area contributed by atoms with Gasteiger partial charge in [-0.2, -0.15) is 0 Å². The molecule has 0 saturated carbocycles. The van der Waals surface area contributed by atoms with Crippen molar-refractivity contribution in [1.82, 2.24) is 14.8 Å². The number of aryl methyl sites for hydroxylation is 1. The molecule has 1 aliphatic rings. The molecule has 2 heterocycles. The summed E-state index contributed by atoms with van der Waals surface area (Å²) in [7, 11) is -2.25. The first-order chi connectivity index (χ1) is 15.3. The van der Waals surface area contributed by atoms with Gasteiger partial charge in [0.2, 0.25) is 0 Å². The minimum atomic E-state index is -3.81. The number of halogens is 1. The fourth-order valence-electron chi connectivity index (χ4n) is 4.04. The maximum atomic E-state index is 14.3. The Hall–Kier alpha value is -2.78. The molecule has 0 radical (unpaired) electrons. The van der Waals surface area contributed by atoms with Gasteiger partial charge in [-0.1, -0.05) is 30.3 Å². The number of ether oxygens (including phenoxy) is 2. The maximum absolute atomic E-state index is 14.3. The summed E-state index contributed by atoms with van der Waals surface area (Å²) in [5.41, 5.74) is 1.69. The third-order valence-corrected chi connectivity index (χ3v) is 7.82. The molecule has 0 N–H and O–H groups in total. The Balaban J connectivity index is 1.81. The van der Waals surface area contributed by atoms with Gasteiger partial charge in [0.1, 0.15) is 23.4 Å². The number of hydrogen-bond acceptors (Lipinski definition) is 6. The summed E-state index contributed by atoms with van der Waals surface area (Å²) in [4.78, 5) is 0. The molecule has 4 rings (SSSR count). The minimum absolute atomic E-state index is 0.131.